The molecule has 0 radical (unpaired) electrons. The summed E-state index contributed by atoms with van der Waals surface area (Å²) in [5.41, 5.74) is 3.28. The topological polar surface area (TPSA) is 18.7 Å². The first-order valence-corrected chi connectivity index (χ1v) is 23.8. The van der Waals surface area contributed by atoms with Crippen LogP contribution in [0.2, 0.25) is 0 Å². The molecule has 0 N–H and O–H groups in total. The van der Waals surface area contributed by atoms with Crippen molar-refractivity contribution < 1.29 is 4.57 Å². The van der Waals surface area contributed by atoms with E-state index in [-0.39, 0.29) is 0 Å². The van der Waals surface area contributed by atoms with Crippen molar-refractivity contribution in [1.29, 1.82) is 0 Å². The average Bonchev–Trinajstić information content (AvgIpc) is 3.69. The quantitative estimate of drug-likeness (QED) is 0.218. The van der Waals surface area contributed by atoms with E-state index < -0.39 is 0 Å². The smallest absolute Gasteiger partial charge is 0.311 e. The van der Waals surface area contributed by atoms with Gasteiger partial charge in [0.05, 0.1) is 8.20 Å². The van der Waals surface area contributed by atoms with Crippen LogP contribution in [0.4, 0.5) is 0 Å². The van der Waals surface area contributed by atoms with Gasteiger partial charge in [0.25, 0.3) is 0 Å². The molecule has 16 fully saturated rings. The second kappa shape index (κ2) is 9.93. The van der Waals surface area contributed by atoms with Gasteiger partial charge in [0, 0.05) is 23.5 Å². The van der Waals surface area contributed by atoms with Gasteiger partial charge in [-0.25, -0.2) is 9.13 Å². The highest BCUT2D eigenvalue weighted by atomic mass is 31.1. The molecule has 0 unspecified atom stereocenters. The molecule has 16 bridgehead atoms. The van der Waals surface area contributed by atoms with Gasteiger partial charge in [0.15, 0.2) is 0 Å². The van der Waals surface area contributed by atoms with Crippen LogP contribution in [0.15, 0.2) is 24.8 Å². The Morgan fingerprint density at radius 3 is 1.02 bits per heavy atom. The minimum Gasteiger partial charge on any atom is -0.323 e. The lowest BCUT2D eigenvalue weighted by atomic mass is 9.52. The Hall–Kier alpha value is -1.28. The first-order chi connectivity index (χ1) is 24.9. The van der Waals surface area contributed by atoms with E-state index in [0.717, 1.165) is 71.0 Å². The van der Waals surface area contributed by atoms with E-state index in [0.29, 0.717) is 22.2 Å². The molecule has 16 aliphatic carbocycles. The monoisotopic (exact) mass is 703 g/mol. The average molecular weight is 704 g/mol. The zero-order valence-corrected chi connectivity index (χ0v) is 32.3. The lowest BCUT2D eigenvalue weighted by Crippen LogP contribution is -2.70. The van der Waals surface area contributed by atoms with Crippen LogP contribution in [0.1, 0.15) is 154 Å². The predicted octanol–water partition coefficient (Wildman–Crippen LogP) is 9.88. The maximum absolute atomic E-state index is 3.08. The fourth-order valence-corrected chi connectivity index (χ4v) is 21.7. The van der Waals surface area contributed by atoms with E-state index in [1.807, 2.05) is 0 Å². The van der Waals surface area contributed by atoms with Crippen LogP contribution in [0.3, 0.4) is 0 Å². The third kappa shape index (κ3) is 4.12. The van der Waals surface area contributed by atoms with Gasteiger partial charge in [0.2, 0.25) is 0 Å². The summed E-state index contributed by atoms with van der Waals surface area (Å²) in [6, 6.07) is 0. The summed E-state index contributed by atoms with van der Waals surface area (Å²) in [6.07, 6.45) is 47.1. The number of aromatic nitrogens is 4. The van der Waals surface area contributed by atoms with E-state index >= 15 is 0 Å². The molecule has 18 rings (SSSR count). The van der Waals surface area contributed by atoms with Gasteiger partial charge in [-0.05, 0) is 225 Å². The molecule has 0 saturated heterocycles. The van der Waals surface area contributed by atoms with Crippen LogP contribution in [-0.4, -0.2) is 13.7 Å². The molecule has 16 saturated carbocycles. The Bertz CT molecular complexity index is 1600. The molecule has 0 atom stereocenters. The van der Waals surface area contributed by atoms with Gasteiger partial charge in [-0.1, -0.05) is 0 Å². The van der Waals surface area contributed by atoms with Gasteiger partial charge in [0.1, 0.15) is 28.7 Å². The summed E-state index contributed by atoms with van der Waals surface area (Å²) in [7, 11) is 1.58. The van der Waals surface area contributed by atoms with Crippen molar-refractivity contribution in [2.75, 3.05) is 0 Å². The zero-order valence-electron chi connectivity index (χ0n) is 31.4. The summed E-state index contributed by atoms with van der Waals surface area (Å²) in [5, 5.41) is 1.75. The van der Waals surface area contributed by atoms with Crippen molar-refractivity contribution in [3.05, 3.63) is 30.0 Å². The highest BCUT2D eigenvalue weighted by Crippen LogP contribution is 2.63. The van der Waals surface area contributed by atoms with Gasteiger partial charge in [-0.3, -0.25) is 0 Å². The molecule has 0 aromatic carbocycles. The van der Waals surface area contributed by atoms with E-state index in [9.17, 15) is 0 Å². The molecule has 4 nitrogen and oxygen atoms in total. The number of rotatable bonds is 5. The lowest BCUT2D eigenvalue weighted by molar-refractivity contribution is -0.761. The highest BCUT2D eigenvalue weighted by molar-refractivity contribution is 7.37. The molecule has 0 spiro atoms. The number of hydrogen-bond acceptors (Lipinski definition) is 0. The van der Waals surface area contributed by atoms with E-state index in [1.54, 1.807) is 96.0 Å². The van der Waals surface area contributed by atoms with Crippen LogP contribution in [-0.2, 0) is 22.2 Å². The third-order valence-electron chi connectivity index (χ3n) is 19.9. The van der Waals surface area contributed by atoms with Gasteiger partial charge >= 0.3 is 5.57 Å². The molecule has 2 aromatic rings. The van der Waals surface area contributed by atoms with E-state index in [1.165, 1.54) is 77.0 Å². The Kier molecular flexibility index (Phi) is 5.84. The summed E-state index contributed by atoms with van der Waals surface area (Å²) in [6.45, 7) is 0. The summed E-state index contributed by atoms with van der Waals surface area (Å²) < 4.78 is 12.3. The van der Waals surface area contributed by atoms with Crippen molar-refractivity contribution in [3.63, 3.8) is 0 Å². The molecular formula is C46H64N4P+. The maximum atomic E-state index is 3.08. The summed E-state index contributed by atoms with van der Waals surface area (Å²) in [4.78, 5) is 0. The minimum absolute atomic E-state index is 0.383. The van der Waals surface area contributed by atoms with Crippen LogP contribution in [0, 0.1) is 76.2 Å². The van der Waals surface area contributed by atoms with E-state index in [2.05, 4.69) is 43.1 Å². The first-order valence-electron chi connectivity index (χ1n) is 22.9. The number of nitrogens with zero attached hydrogens (tertiary/aromatic N) is 4. The fourth-order valence-electron chi connectivity index (χ4n) is 20.0. The standard InChI is InChI=1S/C46H64N4P/c1-2-48(44-20-32-8-33(21-44)10-34(9-32)22-44)41(47(1)43-17-29-5-30(18-43)7-31(6-29)19-43)51-42-49(45-23-35-11-36(24-45)13-37(12-35)25-45)3-4-50(42)46-26-38-14-39(27-46)16-40(15-38)28-46/h1-4,29-40H,5-28H2/q+1. The Morgan fingerprint density at radius 1 is 0.392 bits per heavy atom. The molecule has 2 aromatic heterocycles. The fraction of sp³-hybridized carbons (Fsp3) is 0.870. The molecule has 2 heterocycles. The van der Waals surface area contributed by atoms with E-state index in [4.69, 9.17) is 0 Å². The van der Waals surface area contributed by atoms with Crippen LogP contribution in [0.5, 0.6) is 0 Å². The predicted molar refractivity (Wildman–Crippen MR) is 201 cm³/mol. The molecule has 0 aliphatic heterocycles. The molecule has 16 aliphatic rings. The van der Waals surface area contributed by atoms with Crippen molar-refractivity contribution in [3.8, 4) is 0 Å². The van der Waals surface area contributed by atoms with Crippen molar-refractivity contribution in [2.24, 2.45) is 71.0 Å². The Morgan fingerprint density at radius 2 is 0.686 bits per heavy atom. The van der Waals surface area contributed by atoms with Gasteiger partial charge in [-0.2, -0.15) is 0 Å². The van der Waals surface area contributed by atoms with Gasteiger partial charge in [-0.15, -0.1) is 0 Å². The van der Waals surface area contributed by atoms with Crippen molar-refractivity contribution >= 4 is 13.8 Å². The van der Waals surface area contributed by atoms with Crippen LogP contribution < -0.4 is 10.1 Å². The minimum atomic E-state index is 0.383. The maximum Gasteiger partial charge on any atom is 0.311 e. The summed E-state index contributed by atoms with van der Waals surface area (Å²) in [5.74, 6) is 11.9. The molecule has 0 amide bonds. The third-order valence-corrected chi connectivity index (χ3v) is 21.1. The van der Waals surface area contributed by atoms with Crippen LogP contribution >= 0.6 is 8.20 Å². The highest BCUT2D eigenvalue weighted by Gasteiger charge is 2.60. The second-order valence-corrected chi connectivity index (χ2v) is 24.4. The summed E-state index contributed by atoms with van der Waals surface area (Å²) >= 11 is 0. The van der Waals surface area contributed by atoms with Crippen LogP contribution in [0.25, 0.3) is 0 Å². The largest absolute Gasteiger partial charge is 0.323 e. The zero-order chi connectivity index (χ0) is 32.9. The SMILES string of the molecule is c1c[n+](C23CC4CC(CC(C4)C2)C3)c(P=c2n(C34CC5CC(CC(C5)C3)C4)ccn2C23CC4CC(CC(C4)C2)C3)n1C12CC3CC(CC(C3)C1)C2. The lowest BCUT2D eigenvalue weighted by Gasteiger charge is -2.58. The van der Waals surface area contributed by atoms with Crippen molar-refractivity contribution in [2.45, 2.75) is 176 Å². The van der Waals surface area contributed by atoms with Gasteiger partial charge < -0.3 is 9.13 Å². The number of imidazole rings is 2. The normalized spacial score (nSPS) is 54.8. The molecule has 51 heavy (non-hydrogen) atoms. The number of hydrogen-bond donors (Lipinski definition) is 0. The van der Waals surface area contributed by atoms with Crippen molar-refractivity contribution in [1.82, 2.24) is 13.7 Å². The first kappa shape index (κ1) is 30.0. The molecular weight excluding hydrogens is 640 g/mol. The molecule has 272 valence electrons. The Labute approximate surface area is 308 Å². The Balaban J connectivity index is 1.01. The molecule has 5 heteroatoms. The second-order valence-electron chi connectivity index (χ2n) is 23.4.